The molecule has 1 aromatic carbocycles. The van der Waals surface area contributed by atoms with Crippen molar-refractivity contribution in [2.45, 2.75) is 37.0 Å². The second-order valence-electron chi connectivity index (χ2n) is 5.79. The Bertz CT molecular complexity index is 689. The third kappa shape index (κ3) is 3.70. The van der Waals surface area contributed by atoms with Crippen molar-refractivity contribution in [3.63, 3.8) is 0 Å². The Kier molecular flexibility index (Phi) is 5.06. The Morgan fingerprint density at radius 1 is 1.35 bits per heavy atom. The molecule has 3 N–H and O–H groups in total. The number of nitrogens with one attached hydrogen (secondary N) is 2. The minimum Gasteiger partial charge on any atom is -0.480 e. The van der Waals surface area contributed by atoms with Gasteiger partial charge in [-0.1, -0.05) is 30.3 Å². The minimum absolute atomic E-state index is 0.0888. The maximum Gasteiger partial charge on any atom is 0.326 e. The Balaban J connectivity index is 2.16. The van der Waals surface area contributed by atoms with Gasteiger partial charge >= 0.3 is 5.97 Å². The van der Waals surface area contributed by atoms with Crippen LogP contribution in [0.5, 0.6) is 0 Å². The summed E-state index contributed by atoms with van der Waals surface area (Å²) in [4.78, 5) is 23.9. The van der Waals surface area contributed by atoms with Crippen LogP contribution in [0.25, 0.3) is 0 Å². The molecule has 0 bridgehead atoms. The molecule has 126 valence electrons. The van der Waals surface area contributed by atoms with E-state index in [2.05, 4.69) is 10.0 Å². The molecule has 8 heteroatoms. The number of carboxylic acid groups (broad SMARTS) is 1. The highest BCUT2D eigenvalue weighted by molar-refractivity contribution is 7.91. The minimum atomic E-state index is -3.82. The average molecular weight is 340 g/mol. The molecular formula is C15H20N2O5S. The summed E-state index contributed by atoms with van der Waals surface area (Å²) in [6, 6.07) is 7.67. The van der Waals surface area contributed by atoms with E-state index in [1.165, 1.54) is 6.92 Å². The molecule has 7 nitrogen and oxygen atoms in total. The van der Waals surface area contributed by atoms with Gasteiger partial charge in [0.2, 0.25) is 15.9 Å². The fourth-order valence-electron chi connectivity index (χ4n) is 2.52. The number of benzene rings is 1. The molecule has 1 unspecified atom stereocenters. The monoisotopic (exact) mass is 340 g/mol. The quantitative estimate of drug-likeness (QED) is 0.712. The van der Waals surface area contributed by atoms with E-state index in [1.54, 1.807) is 30.3 Å². The molecular weight excluding hydrogens is 320 g/mol. The third-order valence-corrected chi connectivity index (χ3v) is 6.24. The van der Waals surface area contributed by atoms with Crippen LogP contribution in [0.4, 0.5) is 0 Å². The van der Waals surface area contributed by atoms with Crippen LogP contribution >= 0.6 is 0 Å². The summed E-state index contributed by atoms with van der Waals surface area (Å²) in [5, 5.41) is 11.7. The van der Waals surface area contributed by atoms with Crippen molar-refractivity contribution < 1.29 is 23.1 Å². The normalized spacial score (nSPS) is 24.6. The van der Waals surface area contributed by atoms with Gasteiger partial charge < -0.3 is 10.4 Å². The van der Waals surface area contributed by atoms with Gasteiger partial charge in [-0.25, -0.2) is 17.9 Å². The Labute approximate surface area is 135 Å². The van der Waals surface area contributed by atoms with Crippen LogP contribution in [0, 0.1) is 0 Å². The summed E-state index contributed by atoms with van der Waals surface area (Å²) < 4.78 is 25.0. The summed E-state index contributed by atoms with van der Waals surface area (Å²) in [5.74, 6) is -1.99. The zero-order valence-corrected chi connectivity index (χ0v) is 13.6. The van der Waals surface area contributed by atoms with Crippen molar-refractivity contribution >= 4 is 21.9 Å². The van der Waals surface area contributed by atoms with Gasteiger partial charge in [-0.2, -0.15) is 0 Å². The van der Waals surface area contributed by atoms with Crippen LogP contribution in [-0.4, -0.2) is 42.7 Å². The van der Waals surface area contributed by atoms with E-state index in [0.29, 0.717) is 6.42 Å². The number of carboxylic acids is 1. The summed E-state index contributed by atoms with van der Waals surface area (Å²) in [6.07, 6.45) is 0.775. The first-order valence-electron chi connectivity index (χ1n) is 7.33. The van der Waals surface area contributed by atoms with Crippen molar-refractivity contribution in [1.82, 2.24) is 10.0 Å². The smallest absolute Gasteiger partial charge is 0.326 e. The molecule has 1 aromatic rings. The Morgan fingerprint density at radius 2 is 2.00 bits per heavy atom. The highest BCUT2D eigenvalue weighted by atomic mass is 32.2. The van der Waals surface area contributed by atoms with Gasteiger partial charge in [-0.3, -0.25) is 4.79 Å². The number of sulfonamides is 1. The molecule has 2 atom stereocenters. The fourth-order valence-corrected chi connectivity index (χ4v) is 3.97. The zero-order valence-electron chi connectivity index (χ0n) is 12.8. The second-order valence-corrected chi connectivity index (χ2v) is 7.98. The molecule has 0 radical (unpaired) electrons. The number of carbonyl (C=O) groups excluding carboxylic acids is 1. The van der Waals surface area contributed by atoms with E-state index in [-0.39, 0.29) is 19.4 Å². The van der Waals surface area contributed by atoms with Crippen LogP contribution < -0.4 is 10.0 Å². The van der Waals surface area contributed by atoms with Gasteiger partial charge in [0, 0.05) is 13.0 Å². The number of carbonyl (C=O) groups is 2. The summed E-state index contributed by atoms with van der Waals surface area (Å²) in [6.45, 7) is 1.61. The summed E-state index contributed by atoms with van der Waals surface area (Å²) >= 11 is 0. The first-order chi connectivity index (χ1) is 10.8. The number of aliphatic carboxylic acids is 1. The molecule has 2 rings (SSSR count). The van der Waals surface area contributed by atoms with E-state index in [1.807, 2.05) is 0 Å². The van der Waals surface area contributed by atoms with E-state index >= 15 is 0 Å². The number of hydrogen-bond acceptors (Lipinski definition) is 4. The first-order valence-corrected chi connectivity index (χ1v) is 8.81. The molecule has 1 aliphatic rings. The van der Waals surface area contributed by atoms with Crippen LogP contribution in [0.1, 0.15) is 25.3 Å². The summed E-state index contributed by atoms with van der Waals surface area (Å²) in [7, 11) is -3.82. The van der Waals surface area contributed by atoms with Gasteiger partial charge in [0.1, 0.15) is 6.04 Å². The third-order valence-electron chi connectivity index (χ3n) is 4.08. The van der Waals surface area contributed by atoms with Crippen LogP contribution in [0.15, 0.2) is 30.3 Å². The predicted octanol–water partition coefficient (Wildman–Crippen LogP) is 0.270. The van der Waals surface area contributed by atoms with Crippen molar-refractivity contribution in [3.05, 3.63) is 35.9 Å². The average Bonchev–Trinajstić information content (AvgIpc) is 2.50. The van der Waals surface area contributed by atoms with Crippen LogP contribution in [0.2, 0.25) is 0 Å². The lowest BCUT2D eigenvalue weighted by molar-refractivity contribution is -0.142. The number of hydrogen-bond donors (Lipinski definition) is 3. The Morgan fingerprint density at radius 3 is 2.57 bits per heavy atom. The largest absolute Gasteiger partial charge is 0.480 e. The topological polar surface area (TPSA) is 113 Å². The van der Waals surface area contributed by atoms with Crippen LogP contribution in [-0.2, 0) is 26.0 Å². The van der Waals surface area contributed by atoms with E-state index in [9.17, 15) is 23.1 Å². The Hall–Kier alpha value is -1.93. The molecule has 1 aliphatic heterocycles. The second kappa shape index (κ2) is 6.67. The van der Waals surface area contributed by atoms with Gasteiger partial charge in [0.25, 0.3) is 0 Å². The lowest BCUT2D eigenvalue weighted by Crippen LogP contribution is -2.60. The van der Waals surface area contributed by atoms with Crippen molar-refractivity contribution in [2.75, 3.05) is 6.54 Å². The van der Waals surface area contributed by atoms with Crippen molar-refractivity contribution in [1.29, 1.82) is 0 Å². The lowest BCUT2D eigenvalue weighted by Gasteiger charge is -2.33. The fraction of sp³-hybridized carbons (Fsp3) is 0.467. The zero-order chi connectivity index (χ0) is 17.1. The van der Waals surface area contributed by atoms with Gasteiger partial charge in [-0.15, -0.1) is 0 Å². The molecule has 1 heterocycles. The molecule has 0 saturated carbocycles. The van der Waals surface area contributed by atoms with Crippen molar-refractivity contribution in [2.24, 2.45) is 0 Å². The molecule has 1 amide bonds. The van der Waals surface area contributed by atoms with E-state index in [4.69, 9.17) is 0 Å². The molecule has 1 fully saturated rings. The SMILES string of the molecule is CC1(C(=O)N[C@@H](Cc2ccccc2)C(=O)O)CCCNS1(=O)=O. The molecule has 1 saturated heterocycles. The molecule has 0 aromatic heterocycles. The molecule has 0 aliphatic carbocycles. The lowest BCUT2D eigenvalue weighted by atomic mass is 10.0. The maximum atomic E-state index is 12.4. The van der Waals surface area contributed by atoms with E-state index < -0.39 is 32.7 Å². The van der Waals surface area contributed by atoms with E-state index in [0.717, 1.165) is 5.56 Å². The summed E-state index contributed by atoms with van der Waals surface area (Å²) in [5.41, 5.74) is 0.745. The maximum absolute atomic E-state index is 12.4. The first kappa shape index (κ1) is 17.4. The molecule has 0 spiro atoms. The molecule has 23 heavy (non-hydrogen) atoms. The van der Waals surface area contributed by atoms with Gasteiger partial charge in [0.05, 0.1) is 0 Å². The van der Waals surface area contributed by atoms with Crippen molar-refractivity contribution in [3.8, 4) is 0 Å². The van der Waals surface area contributed by atoms with Crippen LogP contribution in [0.3, 0.4) is 0 Å². The predicted molar refractivity (Wildman–Crippen MR) is 84.3 cm³/mol. The standard InChI is InChI=1S/C15H20N2O5S/c1-15(8-5-9-16-23(15,21)22)14(20)17-12(13(18)19)10-11-6-3-2-4-7-11/h2-4,6-7,12,16H,5,8-10H2,1H3,(H,17,20)(H,18,19)/t12-,15?/m0/s1. The highest BCUT2D eigenvalue weighted by Gasteiger charge is 2.48. The highest BCUT2D eigenvalue weighted by Crippen LogP contribution is 2.26. The number of rotatable bonds is 5. The van der Waals surface area contributed by atoms with Gasteiger partial charge in [0.15, 0.2) is 4.75 Å². The van der Waals surface area contributed by atoms with Gasteiger partial charge in [-0.05, 0) is 25.3 Å². The number of amides is 1.